The van der Waals surface area contributed by atoms with Gasteiger partial charge in [0.25, 0.3) is 0 Å². The number of halogens is 3. The third kappa shape index (κ3) is 4.94. The van der Waals surface area contributed by atoms with Crippen molar-refractivity contribution < 1.29 is 27.5 Å². The van der Waals surface area contributed by atoms with E-state index in [2.05, 4.69) is 10.3 Å². The molecule has 3 aliphatic rings. The summed E-state index contributed by atoms with van der Waals surface area (Å²) in [5, 5.41) is 2.91. The molecule has 170 valence electrons. The van der Waals surface area contributed by atoms with Crippen LogP contribution in [0, 0.1) is 12.8 Å². The van der Waals surface area contributed by atoms with Crippen molar-refractivity contribution in [2.24, 2.45) is 5.92 Å². The van der Waals surface area contributed by atoms with E-state index in [0.717, 1.165) is 18.4 Å². The van der Waals surface area contributed by atoms with Gasteiger partial charge in [-0.2, -0.15) is 13.2 Å². The maximum Gasteiger partial charge on any atom is 0.433 e. The van der Waals surface area contributed by atoms with Gasteiger partial charge in [-0.25, -0.2) is 4.79 Å². The van der Waals surface area contributed by atoms with Crippen molar-refractivity contribution in [1.29, 1.82) is 0 Å². The Balaban J connectivity index is 1.28. The molecule has 0 aliphatic carbocycles. The minimum absolute atomic E-state index is 0.0243. The Kier molecular flexibility index (Phi) is 6.09. The number of carbonyl (C=O) groups is 2. The number of likely N-dealkylation sites (tertiary alicyclic amines) is 2. The number of aromatic nitrogens is 1. The van der Waals surface area contributed by atoms with Gasteiger partial charge in [0, 0.05) is 32.4 Å². The van der Waals surface area contributed by atoms with E-state index in [4.69, 9.17) is 4.74 Å². The Labute approximate surface area is 178 Å². The number of hydrogen-bond acceptors (Lipinski definition) is 4. The monoisotopic (exact) mass is 440 g/mol. The van der Waals surface area contributed by atoms with Crippen LogP contribution in [0.15, 0.2) is 12.3 Å². The second-order valence-electron chi connectivity index (χ2n) is 8.68. The summed E-state index contributed by atoms with van der Waals surface area (Å²) in [5.41, 5.74) is 0.102. The molecule has 0 bridgehead atoms. The molecule has 4 heterocycles. The van der Waals surface area contributed by atoms with Crippen LogP contribution in [-0.2, 0) is 22.1 Å². The predicted octanol–water partition coefficient (Wildman–Crippen LogP) is 2.37. The van der Waals surface area contributed by atoms with Crippen molar-refractivity contribution in [3.8, 4) is 0 Å². The van der Waals surface area contributed by atoms with Crippen molar-refractivity contribution >= 4 is 11.9 Å². The van der Waals surface area contributed by atoms with Crippen LogP contribution >= 0.6 is 0 Å². The number of nitrogens with zero attached hydrogens (tertiary/aromatic N) is 3. The van der Waals surface area contributed by atoms with Gasteiger partial charge in [0.1, 0.15) is 12.3 Å². The summed E-state index contributed by atoms with van der Waals surface area (Å²) in [6.45, 7) is 3.80. The first-order valence-electron chi connectivity index (χ1n) is 10.7. The number of piperidine rings is 2. The number of ether oxygens (including phenoxy) is 1. The van der Waals surface area contributed by atoms with Crippen molar-refractivity contribution in [2.75, 3.05) is 32.8 Å². The summed E-state index contributed by atoms with van der Waals surface area (Å²) in [5.74, 6) is 0.156. The third-order valence-electron chi connectivity index (χ3n) is 6.41. The Morgan fingerprint density at radius 3 is 2.61 bits per heavy atom. The second kappa shape index (κ2) is 8.64. The summed E-state index contributed by atoms with van der Waals surface area (Å²) in [6, 6.07) is 1.38. The molecule has 7 nitrogen and oxygen atoms in total. The summed E-state index contributed by atoms with van der Waals surface area (Å²) >= 11 is 0. The molecule has 31 heavy (non-hydrogen) atoms. The van der Waals surface area contributed by atoms with Gasteiger partial charge in [-0.15, -0.1) is 0 Å². The number of nitrogens with one attached hydrogen (secondary N) is 1. The fourth-order valence-corrected chi connectivity index (χ4v) is 4.78. The van der Waals surface area contributed by atoms with E-state index in [1.54, 1.807) is 11.0 Å². The van der Waals surface area contributed by atoms with Crippen LogP contribution in [0.3, 0.4) is 0 Å². The number of pyridine rings is 1. The Bertz CT molecular complexity index is 840. The molecule has 3 aliphatic heterocycles. The smallest absolute Gasteiger partial charge is 0.366 e. The Hall–Kier alpha value is -2.36. The van der Waals surface area contributed by atoms with Crippen LogP contribution in [0.25, 0.3) is 0 Å². The van der Waals surface area contributed by atoms with Gasteiger partial charge in [0.05, 0.1) is 12.1 Å². The van der Waals surface area contributed by atoms with Crippen LogP contribution in [0.5, 0.6) is 0 Å². The molecular weight excluding hydrogens is 413 g/mol. The first-order chi connectivity index (χ1) is 14.7. The quantitative estimate of drug-likeness (QED) is 0.766. The highest BCUT2D eigenvalue weighted by atomic mass is 19.4. The molecular formula is C21H27F3N4O3. The minimum atomic E-state index is -4.44. The number of rotatable bonds is 2. The molecule has 0 radical (unpaired) electrons. The van der Waals surface area contributed by atoms with Gasteiger partial charge < -0.3 is 19.9 Å². The first kappa shape index (κ1) is 21.9. The normalized spacial score (nSPS) is 25.2. The number of urea groups is 1. The molecule has 0 saturated carbocycles. The maximum atomic E-state index is 12.9. The number of alkyl halides is 3. The number of carbonyl (C=O) groups excluding carboxylic acids is 2. The number of aryl methyl sites for hydroxylation is 1. The van der Waals surface area contributed by atoms with Crippen molar-refractivity contribution in [3.05, 3.63) is 29.1 Å². The predicted molar refractivity (Wildman–Crippen MR) is 105 cm³/mol. The zero-order valence-corrected chi connectivity index (χ0v) is 17.5. The number of hydrogen-bond donors (Lipinski definition) is 1. The fourth-order valence-electron chi connectivity index (χ4n) is 4.78. The van der Waals surface area contributed by atoms with Crippen molar-refractivity contribution in [1.82, 2.24) is 20.1 Å². The van der Waals surface area contributed by atoms with Crippen LogP contribution in [-0.4, -0.2) is 71.7 Å². The van der Waals surface area contributed by atoms with Gasteiger partial charge in [0.2, 0.25) is 5.91 Å². The molecule has 1 aromatic heterocycles. The summed E-state index contributed by atoms with van der Waals surface area (Å²) in [7, 11) is 0. The Morgan fingerprint density at radius 2 is 1.94 bits per heavy atom. The largest absolute Gasteiger partial charge is 0.433 e. The number of fused-ring (bicyclic) bond motifs is 1. The zero-order valence-electron chi connectivity index (χ0n) is 17.5. The lowest BCUT2D eigenvalue weighted by molar-refractivity contribution is -0.141. The average Bonchev–Trinajstić information content (AvgIpc) is 2.72. The third-order valence-corrected chi connectivity index (χ3v) is 6.41. The van der Waals surface area contributed by atoms with Gasteiger partial charge in [-0.05, 0) is 49.7 Å². The molecule has 3 saturated heterocycles. The highest BCUT2D eigenvalue weighted by Crippen LogP contribution is 2.31. The molecule has 1 N–H and O–H groups in total. The van der Waals surface area contributed by atoms with Crippen molar-refractivity contribution in [3.63, 3.8) is 0 Å². The van der Waals surface area contributed by atoms with E-state index in [1.165, 1.54) is 13.1 Å². The maximum absolute atomic E-state index is 12.9. The molecule has 10 heteroatoms. The molecule has 2 atom stereocenters. The van der Waals surface area contributed by atoms with Crippen LogP contribution in [0.4, 0.5) is 18.0 Å². The number of amides is 3. The van der Waals surface area contributed by atoms with Gasteiger partial charge in [0.15, 0.2) is 0 Å². The highest BCUT2D eigenvalue weighted by Gasteiger charge is 2.38. The van der Waals surface area contributed by atoms with Gasteiger partial charge >= 0.3 is 12.2 Å². The van der Waals surface area contributed by atoms with Crippen LogP contribution in [0.2, 0.25) is 0 Å². The van der Waals surface area contributed by atoms with E-state index in [0.29, 0.717) is 44.9 Å². The van der Waals surface area contributed by atoms with E-state index in [-0.39, 0.29) is 36.3 Å². The standard InChI is InChI=1S/C21H27F3N4O3/c1-13-8-15(10-25-19(13)21(22,23)24)9-14-2-5-27(6-3-14)20(30)28-7-4-17-16(11-28)26-18(29)12-31-17/h8,10,14,16-17H,2-7,9,11-12H2,1H3,(H,26,29)/t16-,17+/m1/s1. The summed E-state index contributed by atoms with van der Waals surface area (Å²) in [4.78, 5) is 31.7. The molecule has 3 fully saturated rings. The number of morpholine rings is 1. The van der Waals surface area contributed by atoms with Crippen LogP contribution in [0.1, 0.15) is 36.1 Å². The summed E-state index contributed by atoms with van der Waals surface area (Å²) in [6.07, 6.45) is -0.198. The van der Waals surface area contributed by atoms with E-state index >= 15 is 0 Å². The Morgan fingerprint density at radius 1 is 1.23 bits per heavy atom. The SMILES string of the molecule is Cc1cc(CC2CCN(C(=O)N3CC[C@@H]4OCC(=O)N[C@@H]4C3)CC2)cnc1C(F)(F)F. The highest BCUT2D eigenvalue weighted by molar-refractivity contribution is 5.79. The lowest BCUT2D eigenvalue weighted by Crippen LogP contribution is -2.62. The van der Waals surface area contributed by atoms with Gasteiger partial charge in [-0.3, -0.25) is 9.78 Å². The van der Waals surface area contributed by atoms with E-state index in [9.17, 15) is 22.8 Å². The van der Waals surface area contributed by atoms with E-state index in [1.807, 2.05) is 4.90 Å². The zero-order chi connectivity index (χ0) is 22.2. The average molecular weight is 440 g/mol. The lowest BCUT2D eigenvalue weighted by atomic mass is 9.90. The molecule has 0 unspecified atom stereocenters. The molecule has 1 aromatic rings. The molecule has 4 rings (SSSR count). The minimum Gasteiger partial charge on any atom is -0.366 e. The van der Waals surface area contributed by atoms with Crippen molar-refractivity contribution in [2.45, 2.75) is 50.9 Å². The molecule has 0 spiro atoms. The molecule has 0 aromatic carbocycles. The first-order valence-corrected chi connectivity index (χ1v) is 10.7. The fraction of sp³-hybridized carbons (Fsp3) is 0.667. The second-order valence-corrected chi connectivity index (χ2v) is 8.68. The summed E-state index contributed by atoms with van der Waals surface area (Å²) < 4.78 is 44.2. The topological polar surface area (TPSA) is 74.8 Å². The lowest BCUT2D eigenvalue weighted by Gasteiger charge is -2.43. The van der Waals surface area contributed by atoms with E-state index < -0.39 is 11.9 Å². The van der Waals surface area contributed by atoms with Gasteiger partial charge in [-0.1, -0.05) is 6.07 Å². The van der Waals surface area contributed by atoms with Crippen LogP contribution < -0.4 is 5.32 Å². The molecule has 3 amide bonds.